The molecule has 1 N–H and O–H groups in total. The predicted molar refractivity (Wildman–Crippen MR) is 44.7 cm³/mol. The molecule has 0 amide bonds. The van der Waals surface area contributed by atoms with Crippen molar-refractivity contribution in [2.45, 2.75) is 19.8 Å². The number of nitrogens with one attached hydrogen (secondary N) is 1. The van der Waals surface area contributed by atoms with E-state index in [4.69, 9.17) is 0 Å². The van der Waals surface area contributed by atoms with Crippen LogP contribution in [-0.4, -0.2) is 6.54 Å². The maximum Gasteiger partial charge on any atom is 0.0263 e. The summed E-state index contributed by atoms with van der Waals surface area (Å²) in [6.07, 6.45) is 6.72. The highest BCUT2D eigenvalue weighted by Gasteiger charge is 2.05. The fourth-order valence-corrected chi connectivity index (χ4v) is 1.13. The van der Waals surface area contributed by atoms with E-state index in [0.717, 1.165) is 18.2 Å². The summed E-state index contributed by atoms with van der Waals surface area (Å²) >= 11 is 0. The molecule has 0 fully saturated rings. The monoisotopic (exact) mass is 137 g/mol. The van der Waals surface area contributed by atoms with E-state index in [9.17, 15) is 0 Å². The van der Waals surface area contributed by atoms with Crippen molar-refractivity contribution >= 4 is 0 Å². The van der Waals surface area contributed by atoms with Gasteiger partial charge in [0.15, 0.2) is 0 Å². The largest absolute Gasteiger partial charge is 0.385 e. The normalized spacial score (nSPS) is 25.7. The summed E-state index contributed by atoms with van der Waals surface area (Å²) in [6, 6.07) is 0. The number of hydrogen-bond donors (Lipinski definition) is 1. The fraction of sp³-hybridized carbons (Fsp3) is 0.556. The third-order valence-corrected chi connectivity index (χ3v) is 1.98. The second-order valence-corrected chi connectivity index (χ2v) is 2.82. The molecule has 1 rings (SSSR count). The lowest BCUT2D eigenvalue weighted by Gasteiger charge is -2.10. The molecular weight excluding hydrogens is 122 g/mol. The molecule has 1 aliphatic heterocycles. The van der Waals surface area contributed by atoms with Crippen molar-refractivity contribution in [3.05, 3.63) is 24.4 Å². The first-order chi connectivity index (χ1) is 4.83. The number of hydrogen-bond acceptors (Lipinski definition) is 1. The average Bonchev–Trinajstić information content (AvgIpc) is 2.14. The van der Waals surface area contributed by atoms with Gasteiger partial charge in [-0.2, -0.15) is 0 Å². The van der Waals surface area contributed by atoms with Gasteiger partial charge in [0, 0.05) is 12.2 Å². The van der Waals surface area contributed by atoms with Crippen LogP contribution in [0.3, 0.4) is 0 Å². The molecule has 0 aromatic rings. The van der Waals surface area contributed by atoms with Crippen molar-refractivity contribution in [1.29, 1.82) is 0 Å². The highest BCUT2D eigenvalue weighted by atomic mass is 14.9. The maximum absolute atomic E-state index is 3.84. The molecule has 0 saturated heterocycles. The first kappa shape index (κ1) is 7.39. The summed E-state index contributed by atoms with van der Waals surface area (Å²) < 4.78 is 0. The van der Waals surface area contributed by atoms with Crippen molar-refractivity contribution < 1.29 is 0 Å². The molecule has 0 saturated carbocycles. The Morgan fingerprint density at radius 2 is 2.60 bits per heavy atom. The SMILES string of the molecule is C=C1C=CC[C@H](CC)CN1. The third kappa shape index (κ3) is 1.90. The molecule has 1 heterocycles. The van der Waals surface area contributed by atoms with E-state index in [0.29, 0.717) is 0 Å². The van der Waals surface area contributed by atoms with Gasteiger partial charge in [-0.1, -0.05) is 26.0 Å². The topological polar surface area (TPSA) is 12.0 Å². The predicted octanol–water partition coefficient (Wildman–Crippen LogP) is 2.08. The lowest BCUT2D eigenvalue weighted by Crippen LogP contribution is -2.18. The summed E-state index contributed by atoms with van der Waals surface area (Å²) in [5.74, 6) is 0.801. The highest BCUT2D eigenvalue weighted by Crippen LogP contribution is 2.11. The van der Waals surface area contributed by atoms with E-state index in [1.54, 1.807) is 0 Å². The molecule has 1 atom stereocenters. The first-order valence-electron chi connectivity index (χ1n) is 3.92. The van der Waals surface area contributed by atoms with Crippen LogP contribution in [0.15, 0.2) is 24.4 Å². The van der Waals surface area contributed by atoms with Gasteiger partial charge >= 0.3 is 0 Å². The van der Waals surface area contributed by atoms with Gasteiger partial charge in [0.25, 0.3) is 0 Å². The fourth-order valence-electron chi connectivity index (χ4n) is 1.13. The molecule has 1 heteroatoms. The molecule has 1 nitrogen and oxygen atoms in total. The third-order valence-electron chi connectivity index (χ3n) is 1.98. The molecule has 0 unspecified atom stereocenters. The second kappa shape index (κ2) is 3.45. The van der Waals surface area contributed by atoms with Gasteiger partial charge in [0.2, 0.25) is 0 Å². The molecule has 0 radical (unpaired) electrons. The van der Waals surface area contributed by atoms with Crippen LogP contribution >= 0.6 is 0 Å². The van der Waals surface area contributed by atoms with E-state index >= 15 is 0 Å². The maximum atomic E-state index is 3.84. The smallest absolute Gasteiger partial charge is 0.0263 e. The summed E-state index contributed by atoms with van der Waals surface area (Å²) in [4.78, 5) is 0. The van der Waals surface area contributed by atoms with Crippen LogP contribution in [-0.2, 0) is 0 Å². The van der Waals surface area contributed by atoms with Gasteiger partial charge in [-0.05, 0) is 18.4 Å². The van der Waals surface area contributed by atoms with Crippen LogP contribution in [0.5, 0.6) is 0 Å². The van der Waals surface area contributed by atoms with Crippen molar-refractivity contribution in [3.8, 4) is 0 Å². The van der Waals surface area contributed by atoms with Crippen LogP contribution in [0, 0.1) is 5.92 Å². The van der Waals surface area contributed by atoms with E-state index < -0.39 is 0 Å². The van der Waals surface area contributed by atoms with Gasteiger partial charge in [-0.15, -0.1) is 0 Å². The Bertz CT molecular complexity index is 147. The van der Waals surface area contributed by atoms with Crippen LogP contribution < -0.4 is 5.32 Å². The second-order valence-electron chi connectivity index (χ2n) is 2.82. The molecule has 0 aliphatic carbocycles. The summed E-state index contributed by atoms with van der Waals surface area (Å²) in [5.41, 5.74) is 1.05. The zero-order valence-corrected chi connectivity index (χ0v) is 6.56. The quantitative estimate of drug-likeness (QED) is 0.583. The zero-order chi connectivity index (χ0) is 7.40. The van der Waals surface area contributed by atoms with E-state index in [2.05, 4.69) is 31.0 Å². The van der Waals surface area contributed by atoms with Crippen molar-refractivity contribution in [2.24, 2.45) is 5.92 Å². The van der Waals surface area contributed by atoms with Crippen molar-refractivity contribution in [3.63, 3.8) is 0 Å². The van der Waals surface area contributed by atoms with E-state index in [-0.39, 0.29) is 0 Å². The van der Waals surface area contributed by atoms with Crippen LogP contribution in [0.2, 0.25) is 0 Å². The van der Waals surface area contributed by atoms with Gasteiger partial charge in [0.05, 0.1) is 0 Å². The average molecular weight is 137 g/mol. The Balaban J connectivity index is 2.44. The lowest BCUT2D eigenvalue weighted by molar-refractivity contribution is 0.501. The van der Waals surface area contributed by atoms with Crippen molar-refractivity contribution in [2.75, 3.05) is 6.54 Å². The number of allylic oxidation sites excluding steroid dienone is 2. The minimum Gasteiger partial charge on any atom is -0.385 e. The summed E-state index contributed by atoms with van der Waals surface area (Å²) in [7, 11) is 0. The molecule has 56 valence electrons. The first-order valence-corrected chi connectivity index (χ1v) is 3.92. The molecule has 1 aliphatic rings. The molecule has 0 aromatic carbocycles. The Morgan fingerprint density at radius 3 is 3.30 bits per heavy atom. The van der Waals surface area contributed by atoms with Gasteiger partial charge < -0.3 is 5.32 Å². The Labute approximate surface area is 62.8 Å². The van der Waals surface area contributed by atoms with Gasteiger partial charge in [-0.3, -0.25) is 0 Å². The van der Waals surface area contributed by atoms with E-state index in [1.807, 2.05) is 0 Å². The van der Waals surface area contributed by atoms with Crippen molar-refractivity contribution in [1.82, 2.24) is 5.32 Å². The summed E-state index contributed by atoms with van der Waals surface area (Å²) in [5, 5.41) is 3.26. The summed E-state index contributed by atoms with van der Waals surface area (Å²) in [6.45, 7) is 7.16. The Hall–Kier alpha value is -0.720. The van der Waals surface area contributed by atoms with Crippen LogP contribution in [0.4, 0.5) is 0 Å². The molecule has 0 spiro atoms. The van der Waals surface area contributed by atoms with Crippen LogP contribution in [0.25, 0.3) is 0 Å². The molecule has 10 heavy (non-hydrogen) atoms. The Morgan fingerprint density at radius 1 is 1.80 bits per heavy atom. The number of rotatable bonds is 1. The van der Waals surface area contributed by atoms with Gasteiger partial charge in [-0.25, -0.2) is 0 Å². The Kier molecular flexibility index (Phi) is 2.55. The minimum atomic E-state index is 0.801. The zero-order valence-electron chi connectivity index (χ0n) is 6.56. The molecular formula is C9H15N. The van der Waals surface area contributed by atoms with Gasteiger partial charge in [0.1, 0.15) is 0 Å². The standard InChI is InChI=1S/C9H15N/c1-3-9-6-4-5-8(2)10-7-9/h4-5,9-10H,2-3,6-7H2,1H3/t9-/m0/s1. The lowest BCUT2D eigenvalue weighted by atomic mass is 10.0. The molecule has 0 aromatic heterocycles. The minimum absolute atomic E-state index is 0.801. The van der Waals surface area contributed by atoms with E-state index in [1.165, 1.54) is 12.8 Å². The molecule has 0 bridgehead atoms. The highest BCUT2D eigenvalue weighted by molar-refractivity contribution is 5.14. The van der Waals surface area contributed by atoms with Crippen LogP contribution in [0.1, 0.15) is 19.8 Å².